The van der Waals surface area contributed by atoms with Gasteiger partial charge in [0.15, 0.2) is 0 Å². The molecule has 0 heterocycles. The molecule has 1 N–H and O–H groups in total. The molecule has 0 aromatic carbocycles. The number of allylic oxidation sites excluding steroid dienone is 3. The third-order valence-corrected chi connectivity index (χ3v) is 1.93. The molecule has 2 nitrogen and oxygen atoms in total. The van der Waals surface area contributed by atoms with Gasteiger partial charge in [-0.15, -0.1) is 0 Å². The Hall–Kier alpha value is -1.05. The number of rotatable bonds is 5. The molecule has 0 unspecified atom stereocenters. The zero-order valence-electron chi connectivity index (χ0n) is 9.45. The second-order valence-electron chi connectivity index (χ2n) is 4.13. The highest BCUT2D eigenvalue weighted by molar-refractivity contribution is 5.79. The zero-order chi connectivity index (χ0) is 11.1. The van der Waals surface area contributed by atoms with Crippen molar-refractivity contribution in [1.29, 1.82) is 0 Å². The van der Waals surface area contributed by atoms with Crippen molar-refractivity contribution in [2.24, 2.45) is 11.8 Å². The lowest BCUT2D eigenvalue weighted by Crippen LogP contribution is -1.99. The number of hydrogen-bond donors (Lipinski definition) is 1. The average molecular weight is 196 g/mol. The van der Waals surface area contributed by atoms with Crippen LogP contribution in [-0.2, 0) is 4.79 Å². The maximum Gasteiger partial charge on any atom is 0.327 e. The molecule has 0 amide bonds. The van der Waals surface area contributed by atoms with Gasteiger partial charge in [0.25, 0.3) is 0 Å². The van der Waals surface area contributed by atoms with Crippen molar-refractivity contribution in [2.75, 3.05) is 0 Å². The highest BCUT2D eigenvalue weighted by Gasteiger charge is 2.03. The van der Waals surface area contributed by atoms with Crippen molar-refractivity contribution in [3.8, 4) is 0 Å². The number of hydrogen-bond acceptors (Lipinski definition) is 1. The molecule has 0 saturated carbocycles. The molecule has 80 valence electrons. The maximum atomic E-state index is 10.3. The summed E-state index contributed by atoms with van der Waals surface area (Å²) in [5.41, 5.74) is 1.31. The SMILES string of the molecule is CC(C)=C[C@H](C)C[C@@H](C)/C=C/C(=O)O. The lowest BCUT2D eigenvalue weighted by atomic mass is 9.95. The topological polar surface area (TPSA) is 37.3 Å². The fraction of sp³-hybridized carbons (Fsp3) is 0.583. The molecule has 0 aliphatic carbocycles. The lowest BCUT2D eigenvalue weighted by molar-refractivity contribution is -0.131. The molecular weight excluding hydrogens is 176 g/mol. The van der Waals surface area contributed by atoms with Gasteiger partial charge in [0.1, 0.15) is 0 Å². The molecule has 0 saturated heterocycles. The average Bonchev–Trinajstić information content (AvgIpc) is 1.98. The Balaban J connectivity index is 4.00. The second-order valence-corrected chi connectivity index (χ2v) is 4.13. The Morgan fingerprint density at radius 2 is 1.86 bits per heavy atom. The molecular formula is C12H20O2. The summed E-state index contributed by atoms with van der Waals surface area (Å²) in [6.07, 6.45) is 6.18. The van der Waals surface area contributed by atoms with Crippen LogP contribution in [0.4, 0.5) is 0 Å². The van der Waals surface area contributed by atoms with E-state index in [9.17, 15) is 4.79 Å². The molecule has 0 spiro atoms. The van der Waals surface area contributed by atoms with E-state index >= 15 is 0 Å². The van der Waals surface area contributed by atoms with Crippen LogP contribution in [0.15, 0.2) is 23.8 Å². The Labute approximate surface area is 86.3 Å². The molecule has 0 bridgehead atoms. The van der Waals surface area contributed by atoms with Crippen molar-refractivity contribution in [3.63, 3.8) is 0 Å². The third-order valence-electron chi connectivity index (χ3n) is 1.93. The fourth-order valence-corrected chi connectivity index (χ4v) is 1.55. The summed E-state index contributed by atoms with van der Waals surface area (Å²) >= 11 is 0. The van der Waals surface area contributed by atoms with Gasteiger partial charge in [0.05, 0.1) is 0 Å². The van der Waals surface area contributed by atoms with Crippen LogP contribution in [0.5, 0.6) is 0 Å². The van der Waals surface area contributed by atoms with E-state index in [1.54, 1.807) is 6.08 Å². The second kappa shape index (κ2) is 6.41. The molecule has 0 aromatic heterocycles. The molecule has 0 rings (SSSR count). The lowest BCUT2D eigenvalue weighted by Gasteiger charge is -2.10. The van der Waals surface area contributed by atoms with Crippen molar-refractivity contribution in [1.82, 2.24) is 0 Å². The van der Waals surface area contributed by atoms with E-state index < -0.39 is 5.97 Å². The largest absolute Gasteiger partial charge is 0.478 e. The number of aliphatic carboxylic acids is 1. The minimum Gasteiger partial charge on any atom is -0.478 e. The first kappa shape index (κ1) is 12.9. The van der Waals surface area contributed by atoms with Gasteiger partial charge in [-0.3, -0.25) is 0 Å². The van der Waals surface area contributed by atoms with E-state index in [-0.39, 0.29) is 0 Å². The molecule has 0 fully saturated rings. The predicted octanol–water partition coefficient (Wildman–Crippen LogP) is 3.26. The quantitative estimate of drug-likeness (QED) is 0.541. The van der Waals surface area contributed by atoms with E-state index in [0.29, 0.717) is 11.8 Å². The first-order chi connectivity index (χ1) is 6.41. The van der Waals surface area contributed by atoms with Crippen LogP contribution in [0.2, 0.25) is 0 Å². The zero-order valence-corrected chi connectivity index (χ0v) is 9.45. The number of carbonyl (C=O) groups is 1. The first-order valence-electron chi connectivity index (χ1n) is 4.98. The summed E-state index contributed by atoms with van der Waals surface area (Å²) in [7, 11) is 0. The summed E-state index contributed by atoms with van der Waals surface area (Å²) in [5.74, 6) is -0.0446. The van der Waals surface area contributed by atoms with Gasteiger partial charge in [0, 0.05) is 6.08 Å². The maximum absolute atomic E-state index is 10.3. The summed E-state index contributed by atoms with van der Waals surface area (Å²) in [4.78, 5) is 10.3. The Morgan fingerprint density at radius 1 is 1.29 bits per heavy atom. The van der Waals surface area contributed by atoms with Gasteiger partial charge < -0.3 is 5.11 Å². The normalized spacial score (nSPS) is 15.1. The fourth-order valence-electron chi connectivity index (χ4n) is 1.55. The minimum atomic E-state index is -0.869. The standard InChI is InChI=1S/C12H20O2/c1-9(2)7-11(4)8-10(3)5-6-12(13)14/h5-7,10-11H,8H2,1-4H3,(H,13,14)/b6-5+/t10-,11-/m0/s1. The molecule has 0 aliphatic rings. The molecule has 0 aromatic rings. The smallest absolute Gasteiger partial charge is 0.327 e. The van der Waals surface area contributed by atoms with E-state index in [0.717, 1.165) is 6.42 Å². The van der Waals surface area contributed by atoms with Crippen molar-refractivity contribution < 1.29 is 9.90 Å². The van der Waals surface area contributed by atoms with Crippen LogP contribution in [0, 0.1) is 11.8 Å². The minimum absolute atomic E-state index is 0.316. The van der Waals surface area contributed by atoms with E-state index in [4.69, 9.17) is 5.11 Å². The molecule has 14 heavy (non-hydrogen) atoms. The predicted molar refractivity (Wildman–Crippen MR) is 59.2 cm³/mol. The van der Waals surface area contributed by atoms with Gasteiger partial charge in [-0.2, -0.15) is 0 Å². The van der Waals surface area contributed by atoms with Crippen molar-refractivity contribution >= 4 is 5.97 Å². The van der Waals surface area contributed by atoms with Crippen LogP contribution in [0.25, 0.3) is 0 Å². The van der Waals surface area contributed by atoms with Crippen LogP contribution in [0.3, 0.4) is 0 Å². The van der Waals surface area contributed by atoms with Crippen molar-refractivity contribution in [2.45, 2.75) is 34.1 Å². The Kier molecular flexibility index (Phi) is 5.93. The van der Waals surface area contributed by atoms with E-state index in [1.165, 1.54) is 11.6 Å². The van der Waals surface area contributed by atoms with Crippen LogP contribution in [-0.4, -0.2) is 11.1 Å². The summed E-state index contributed by atoms with van der Waals surface area (Å²) in [6, 6.07) is 0. The summed E-state index contributed by atoms with van der Waals surface area (Å²) in [6.45, 7) is 8.34. The molecule has 0 aliphatic heterocycles. The summed E-state index contributed by atoms with van der Waals surface area (Å²) < 4.78 is 0. The van der Waals surface area contributed by atoms with Crippen LogP contribution in [0.1, 0.15) is 34.1 Å². The van der Waals surface area contributed by atoms with E-state index in [2.05, 4.69) is 26.8 Å². The molecule has 0 radical (unpaired) electrons. The monoisotopic (exact) mass is 196 g/mol. The highest BCUT2D eigenvalue weighted by Crippen LogP contribution is 2.15. The molecule has 2 atom stereocenters. The van der Waals surface area contributed by atoms with Gasteiger partial charge in [-0.25, -0.2) is 4.79 Å². The highest BCUT2D eigenvalue weighted by atomic mass is 16.4. The number of carboxylic acid groups (broad SMARTS) is 1. The van der Waals surface area contributed by atoms with Gasteiger partial charge in [0.2, 0.25) is 0 Å². The Bertz CT molecular complexity index is 235. The number of carboxylic acids is 1. The van der Waals surface area contributed by atoms with Crippen LogP contribution < -0.4 is 0 Å². The third kappa shape index (κ3) is 7.59. The van der Waals surface area contributed by atoms with Crippen LogP contribution >= 0.6 is 0 Å². The Morgan fingerprint density at radius 3 is 2.29 bits per heavy atom. The van der Waals surface area contributed by atoms with Gasteiger partial charge >= 0.3 is 5.97 Å². The van der Waals surface area contributed by atoms with Gasteiger partial charge in [-0.05, 0) is 32.1 Å². The summed E-state index contributed by atoms with van der Waals surface area (Å²) in [5, 5.41) is 8.44. The van der Waals surface area contributed by atoms with Gasteiger partial charge in [-0.1, -0.05) is 31.6 Å². The first-order valence-corrected chi connectivity index (χ1v) is 4.98. The molecule has 2 heteroatoms. The van der Waals surface area contributed by atoms with Crippen molar-refractivity contribution in [3.05, 3.63) is 23.8 Å². The van der Waals surface area contributed by atoms with E-state index in [1.807, 2.05) is 6.92 Å².